The Balaban J connectivity index is 3.30. The van der Waals surface area contributed by atoms with Crippen LogP contribution in [0.15, 0.2) is 0 Å². The zero-order chi connectivity index (χ0) is 16.8. The van der Waals surface area contributed by atoms with Gasteiger partial charge in [0.25, 0.3) is 0 Å². The summed E-state index contributed by atoms with van der Waals surface area (Å²) in [6.07, 6.45) is 1.09. The molecule has 8 heteroatoms. The molecule has 8 nitrogen and oxygen atoms in total. The number of aliphatic hydroxyl groups is 2. The quantitative estimate of drug-likeness (QED) is 0.418. The maximum absolute atomic E-state index is 11.1. The minimum absolute atomic E-state index is 0.0112. The second-order valence-electron chi connectivity index (χ2n) is 5.16. The average molecular weight is 320 g/mol. The molecule has 0 spiro atoms. The first kappa shape index (κ1) is 20.5. The van der Waals surface area contributed by atoms with Crippen LogP contribution in [0.3, 0.4) is 0 Å². The third-order valence-electron chi connectivity index (χ3n) is 2.55. The molecule has 4 N–H and O–H groups in total. The van der Waals surface area contributed by atoms with E-state index in [9.17, 15) is 9.59 Å². The largest absolute Gasteiger partial charge is 0.447 e. The third-order valence-corrected chi connectivity index (χ3v) is 2.55. The number of carbonyl (C=O) groups is 2. The van der Waals surface area contributed by atoms with E-state index >= 15 is 0 Å². The van der Waals surface area contributed by atoms with E-state index in [2.05, 4.69) is 10.6 Å². The molecule has 130 valence electrons. The Kier molecular flexibility index (Phi) is 12.2. The van der Waals surface area contributed by atoms with Gasteiger partial charge in [-0.2, -0.15) is 0 Å². The number of carbonyl (C=O) groups excluding carboxylic acids is 2. The smallest absolute Gasteiger partial charge is 0.407 e. The fourth-order valence-electron chi connectivity index (χ4n) is 1.48. The minimum Gasteiger partial charge on any atom is -0.447 e. The first-order valence-electron chi connectivity index (χ1n) is 7.59. The summed E-state index contributed by atoms with van der Waals surface area (Å²) in [6, 6.07) is 0. The van der Waals surface area contributed by atoms with E-state index in [0.29, 0.717) is 13.1 Å². The van der Waals surface area contributed by atoms with Crippen molar-refractivity contribution in [3.63, 3.8) is 0 Å². The van der Waals surface area contributed by atoms with E-state index in [1.807, 2.05) is 0 Å². The molecule has 22 heavy (non-hydrogen) atoms. The number of amides is 2. The molecule has 0 saturated heterocycles. The average Bonchev–Trinajstić information content (AvgIpc) is 2.45. The summed E-state index contributed by atoms with van der Waals surface area (Å²) in [5.41, 5.74) is 0. The molecule has 0 aromatic carbocycles. The van der Waals surface area contributed by atoms with Gasteiger partial charge in [0.1, 0.15) is 13.2 Å². The molecule has 0 saturated carbocycles. The molecular weight excluding hydrogens is 292 g/mol. The van der Waals surface area contributed by atoms with Crippen molar-refractivity contribution in [2.75, 3.05) is 26.3 Å². The van der Waals surface area contributed by atoms with E-state index in [1.165, 1.54) is 0 Å². The SMILES string of the molecule is CC(O)COC(=O)NCCCCCCNC(=O)OCC(C)O. The van der Waals surface area contributed by atoms with Crippen molar-refractivity contribution in [1.82, 2.24) is 10.6 Å². The number of hydrogen-bond acceptors (Lipinski definition) is 6. The number of unbranched alkanes of at least 4 members (excludes halogenated alkanes) is 3. The van der Waals surface area contributed by atoms with Crippen LogP contribution in [0.5, 0.6) is 0 Å². The van der Waals surface area contributed by atoms with Crippen LogP contribution in [0.4, 0.5) is 9.59 Å². The van der Waals surface area contributed by atoms with Crippen LogP contribution in [0.1, 0.15) is 39.5 Å². The van der Waals surface area contributed by atoms with Gasteiger partial charge in [0.2, 0.25) is 0 Å². The second-order valence-corrected chi connectivity index (χ2v) is 5.16. The number of nitrogens with one attached hydrogen (secondary N) is 2. The Bertz CT molecular complexity index is 280. The van der Waals surface area contributed by atoms with Crippen molar-refractivity contribution in [2.45, 2.75) is 51.7 Å². The summed E-state index contributed by atoms with van der Waals surface area (Å²) in [7, 11) is 0. The third kappa shape index (κ3) is 14.9. The molecule has 0 aliphatic carbocycles. The Labute approximate surface area is 131 Å². The van der Waals surface area contributed by atoms with E-state index in [1.54, 1.807) is 13.8 Å². The second kappa shape index (κ2) is 13.1. The van der Waals surface area contributed by atoms with Crippen LogP contribution in [0.25, 0.3) is 0 Å². The maximum Gasteiger partial charge on any atom is 0.407 e. The number of ether oxygens (including phenoxy) is 2. The monoisotopic (exact) mass is 320 g/mol. The Morgan fingerprint density at radius 1 is 0.818 bits per heavy atom. The summed E-state index contributed by atoms with van der Waals surface area (Å²) in [5, 5.41) is 23.1. The van der Waals surface area contributed by atoms with E-state index in [-0.39, 0.29) is 13.2 Å². The lowest BCUT2D eigenvalue weighted by Gasteiger charge is -2.09. The molecule has 0 radical (unpaired) electrons. The molecule has 0 aliphatic rings. The summed E-state index contributed by atoms with van der Waals surface area (Å²) >= 11 is 0. The highest BCUT2D eigenvalue weighted by Crippen LogP contribution is 1.98. The first-order valence-corrected chi connectivity index (χ1v) is 7.59. The summed E-state index contributed by atoms with van der Waals surface area (Å²) in [6.45, 7) is 4.10. The van der Waals surface area contributed by atoms with Gasteiger partial charge in [-0.05, 0) is 26.7 Å². The Morgan fingerprint density at radius 2 is 1.18 bits per heavy atom. The molecule has 0 aromatic rings. The molecule has 2 unspecified atom stereocenters. The minimum atomic E-state index is -0.662. The van der Waals surface area contributed by atoms with Crippen LogP contribution >= 0.6 is 0 Å². The molecule has 0 heterocycles. The molecule has 2 amide bonds. The lowest BCUT2D eigenvalue weighted by molar-refractivity contribution is 0.0778. The number of rotatable bonds is 11. The van der Waals surface area contributed by atoms with Crippen LogP contribution in [-0.4, -0.2) is 60.9 Å². The molecule has 0 bridgehead atoms. The number of alkyl carbamates (subject to hydrolysis) is 2. The van der Waals surface area contributed by atoms with Crippen molar-refractivity contribution < 1.29 is 29.3 Å². The van der Waals surface area contributed by atoms with Gasteiger partial charge in [-0.15, -0.1) is 0 Å². The lowest BCUT2D eigenvalue weighted by atomic mass is 10.2. The fraction of sp³-hybridized carbons (Fsp3) is 0.857. The van der Waals surface area contributed by atoms with Crippen LogP contribution in [0.2, 0.25) is 0 Å². The number of aliphatic hydroxyl groups excluding tert-OH is 2. The van der Waals surface area contributed by atoms with Crippen molar-refractivity contribution in [1.29, 1.82) is 0 Å². The van der Waals surface area contributed by atoms with Crippen LogP contribution < -0.4 is 10.6 Å². The Morgan fingerprint density at radius 3 is 1.50 bits per heavy atom. The summed E-state index contributed by atoms with van der Waals surface area (Å²) in [5.74, 6) is 0. The van der Waals surface area contributed by atoms with Crippen LogP contribution in [0, 0.1) is 0 Å². The zero-order valence-corrected chi connectivity index (χ0v) is 13.3. The molecule has 2 atom stereocenters. The molecule has 0 rings (SSSR count). The van der Waals surface area contributed by atoms with Crippen LogP contribution in [-0.2, 0) is 9.47 Å². The van der Waals surface area contributed by atoms with Crippen molar-refractivity contribution in [3.05, 3.63) is 0 Å². The highest BCUT2D eigenvalue weighted by Gasteiger charge is 2.04. The van der Waals surface area contributed by atoms with Gasteiger partial charge < -0.3 is 30.3 Å². The molecule has 0 aromatic heterocycles. The van der Waals surface area contributed by atoms with Gasteiger partial charge in [0.05, 0.1) is 12.2 Å². The number of hydrogen-bond donors (Lipinski definition) is 4. The zero-order valence-electron chi connectivity index (χ0n) is 13.3. The predicted molar refractivity (Wildman–Crippen MR) is 80.5 cm³/mol. The first-order chi connectivity index (χ1) is 10.4. The van der Waals surface area contributed by atoms with E-state index in [0.717, 1.165) is 25.7 Å². The lowest BCUT2D eigenvalue weighted by Crippen LogP contribution is -2.28. The molecular formula is C14H28N2O6. The predicted octanol–water partition coefficient (Wildman–Crippen LogP) is 0.761. The van der Waals surface area contributed by atoms with Crippen molar-refractivity contribution in [3.8, 4) is 0 Å². The highest BCUT2D eigenvalue weighted by atomic mass is 16.6. The Hall–Kier alpha value is -1.54. The van der Waals surface area contributed by atoms with Gasteiger partial charge in [-0.25, -0.2) is 9.59 Å². The summed E-state index contributed by atoms with van der Waals surface area (Å²) < 4.78 is 9.47. The normalized spacial score (nSPS) is 13.1. The van der Waals surface area contributed by atoms with E-state index < -0.39 is 24.4 Å². The molecule has 0 fully saturated rings. The standard InChI is InChI=1S/C14H28N2O6/c1-11(17)9-21-13(19)15-7-5-3-4-6-8-16-14(20)22-10-12(2)18/h11-12,17-18H,3-10H2,1-2H3,(H,15,19)(H,16,20). The maximum atomic E-state index is 11.1. The highest BCUT2D eigenvalue weighted by molar-refractivity contribution is 5.67. The summed E-state index contributed by atoms with van der Waals surface area (Å²) in [4.78, 5) is 22.3. The fourth-order valence-corrected chi connectivity index (χ4v) is 1.48. The van der Waals surface area contributed by atoms with E-state index in [4.69, 9.17) is 19.7 Å². The van der Waals surface area contributed by atoms with Gasteiger partial charge >= 0.3 is 12.2 Å². The van der Waals surface area contributed by atoms with Crippen molar-refractivity contribution >= 4 is 12.2 Å². The van der Waals surface area contributed by atoms with Gasteiger partial charge in [-0.1, -0.05) is 12.8 Å². The topological polar surface area (TPSA) is 117 Å². The molecule has 0 aliphatic heterocycles. The van der Waals surface area contributed by atoms with Gasteiger partial charge in [-0.3, -0.25) is 0 Å². The van der Waals surface area contributed by atoms with Gasteiger partial charge in [0.15, 0.2) is 0 Å². The van der Waals surface area contributed by atoms with Crippen molar-refractivity contribution in [2.24, 2.45) is 0 Å². The van der Waals surface area contributed by atoms with Gasteiger partial charge in [0, 0.05) is 13.1 Å².